The molecule has 1 aromatic rings. The molecular formula is C18H26BrN. The average molecular weight is 336 g/mol. The summed E-state index contributed by atoms with van der Waals surface area (Å²) in [6, 6.07) is 8.44. The zero-order valence-corrected chi connectivity index (χ0v) is 14.5. The predicted octanol–water partition coefficient (Wildman–Crippen LogP) is 5.83. The second-order valence-corrected chi connectivity index (χ2v) is 6.23. The molecule has 110 valence electrons. The van der Waals surface area contributed by atoms with Gasteiger partial charge >= 0.3 is 0 Å². The Morgan fingerprint density at radius 3 is 2.80 bits per heavy atom. The first-order valence-electron chi connectivity index (χ1n) is 7.42. The van der Waals surface area contributed by atoms with E-state index in [1.54, 1.807) is 0 Å². The number of allylic oxidation sites excluding steroid dienone is 3. The molecule has 1 N–H and O–H groups in total. The van der Waals surface area contributed by atoms with Crippen molar-refractivity contribution in [1.82, 2.24) is 5.32 Å². The van der Waals surface area contributed by atoms with Gasteiger partial charge in [-0.1, -0.05) is 67.4 Å². The van der Waals surface area contributed by atoms with E-state index >= 15 is 0 Å². The Morgan fingerprint density at radius 1 is 1.45 bits per heavy atom. The van der Waals surface area contributed by atoms with Crippen molar-refractivity contribution in [2.45, 2.75) is 46.5 Å². The lowest BCUT2D eigenvalue weighted by molar-refractivity contribution is 0.547. The first-order chi connectivity index (χ1) is 9.56. The molecule has 0 saturated heterocycles. The Labute approximate surface area is 132 Å². The Balaban J connectivity index is 2.57. The molecule has 0 fully saturated rings. The van der Waals surface area contributed by atoms with E-state index in [0.717, 1.165) is 16.6 Å². The summed E-state index contributed by atoms with van der Waals surface area (Å²) >= 11 is 3.52. The van der Waals surface area contributed by atoms with Gasteiger partial charge in [0, 0.05) is 22.3 Å². The van der Waals surface area contributed by atoms with Gasteiger partial charge in [-0.3, -0.25) is 0 Å². The second kappa shape index (κ2) is 9.02. The van der Waals surface area contributed by atoms with Crippen LogP contribution in [0.2, 0.25) is 0 Å². The molecule has 0 aromatic heterocycles. The topological polar surface area (TPSA) is 12.0 Å². The highest BCUT2D eigenvalue weighted by Crippen LogP contribution is 2.18. The minimum Gasteiger partial charge on any atom is -0.363 e. The fourth-order valence-corrected chi connectivity index (χ4v) is 2.55. The molecule has 1 atom stereocenters. The third-order valence-corrected chi connectivity index (χ3v) is 4.03. The molecule has 1 rings (SSSR count). The molecule has 0 aliphatic carbocycles. The highest BCUT2D eigenvalue weighted by molar-refractivity contribution is 9.10. The highest BCUT2D eigenvalue weighted by atomic mass is 79.9. The summed E-state index contributed by atoms with van der Waals surface area (Å²) in [6.45, 7) is 10.7. The Hall–Kier alpha value is -1.02. The predicted molar refractivity (Wildman–Crippen MR) is 92.6 cm³/mol. The molecule has 0 aliphatic heterocycles. The van der Waals surface area contributed by atoms with Crippen LogP contribution in [0.5, 0.6) is 0 Å². The van der Waals surface area contributed by atoms with Crippen LogP contribution >= 0.6 is 15.9 Å². The Bertz CT molecular complexity index is 462. The Kier molecular flexibility index (Phi) is 7.68. The van der Waals surface area contributed by atoms with Crippen LogP contribution in [-0.4, -0.2) is 0 Å². The summed E-state index contributed by atoms with van der Waals surface area (Å²) in [6.07, 6.45) is 6.76. The fourth-order valence-electron chi connectivity index (χ4n) is 2.10. The minimum absolute atomic E-state index is 0.521. The maximum Gasteiger partial charge on any atom is 0.0178 e. The van der Waals surface area contributed by atoms with Crippen LogP contribution in [0.15, 0.2) is 52.8 Å². The molecule has 2 heteroatoms. The summed E-state index contributed by atoms with van der Waals surface area (Å²) in [5, 5.41) is 3.49. The zero-order valence-electron chi connectivity index (χ0n) is 12.9. The van der Waals surface area contributed by atoms with E-state index in [9.17, 15) is 0 Å². The van der Waals surface area contributed by atoms with Gasteiger partial charge in [-0.25, -0.2) is 0 Å². The largest absolute Gasteiger partial charge is 0.363 e. The number of hydrogen-bond donors (Lipinski definition) is 1. The summed E-state index contributed by atoms with van der Waals surface area (Å²) < 4.78 is 1.13. The number of nitrogens with one attached hydrogen (secondary N) is 1. The number of halogens is 1. The number of rotatable bonds is 8. The van der Waals surface area contributed by atoms with Crippen LogP contribution in [0, 0.1) is 5.92 Å². The van der Waals surface area contributed by atoms with Gasteiger partial charge in [0.15, 0.2) is 0 Å². The molecule has 1 nitrogen and oxygen atoms in total. The summed E-state index contributed by atoms with van der Waals surface area (Å²) in [7, 11) is 0. The van der Waals surface area contributed by atoms with E-state index in [1.807, 2.05) is 0 Å². The summed E-state index contributed by atoms with van der Waals surface area (Å²) in [5.41, 5.74) is 3.65. The minimum atomic E-state index is 0.521. The normalized spacial score (nSPS) is 13.1. The van der Waals surface area contributed by atoms with Crippen molar-refractivity contribution in [3.8, 4) is 0 Å². The molecule has 20 heavy (non-hydrogen) atoms. The molecule has 0 bridgehead atoms. The van der Waals surface area contributed by atoms with Gasteiger partial charge in [-0.15, -0.1) is 0 Å². The first-order valence-corrected chi connectivity index (χ1v) is 8.21. The average Bonchev–Trinajstić information content (AvgIpc) is 2.43. The molecule has 0 radical (unpaired) electrons. The van der Waals surface area contributed by atoms with Gasteiger partial charge in [0.25, 0.3) is 0 Å². The molecule has 1 unspecified atom stereocenters. The van der Waals surface area contributed by atoms with Crippen molar-refractivity contribution < 1.29 is 0 Å². The van der Waals surface area contributed by atoms with Crippen LogP contribution in [0.1, 0.15) is 45.6 Å². The van der Waals surface area contributed by atoms with Gasteiger partial charge in [0.2, 0.25) is 0 Å². The summed E-state index contributed by atoms with van der Waals surface area (Å²) in [5.74, 6) is 0.521. The molecule has 0 spiro atoms. The molecular weight excluding hydrogens is 310 g/mol. The quantitative estimate of drug-likeness (QED) is 0.630. The molecule has 0 saturated carbocycles. The molecule has 0 heterocycles. The van der Waals surface area contributed by atoms with E-state index in [-0.39, 0.29) is 0 Å². The van der Waals surface area contributed by atoms with Crippen molar-refractivity contribution in [1.29, 1.82) is 0 Å². The van der Waals surface area contributed by atoms with E-state index in [4.69, 9.17) is 0 Å². The highest BCUT2D eigenvalue weighted by Gasteiger charge is 2.08. The maximum absolute atomic E-state index is 4.19. The number of benzene rings is 1. The van der Waals surface area contributed by atoms with Crippen molar-refractivity contribution in [3.63, 3.8) is 0 Å². The van der Waals surface area contributed by atoms with E-state index in [1.165, 1.54) is 30.5 Å². The van der Waals surface area contributed by atoms with Crippen molar-refractivity contribution in [3.05, 3.63) is 58.4 Å². The molecule has 0 aliphatic rings. The van der Waals surface area contributed by atoms with Crippen LogP contribution in [0.25, 0.3) is 0 Å². The van der Waals surface area contributed by atoms with Crippen molar-refractivity contribution in [2.75, 3.05) is 0 Å². The third kappa shape index (κ3) is 5.96. The lowest BCUT2D eigenvalue weighted by Gasteiger charge is -2.19. The van der Waals surface area contributed by atoms with Crippen LogP contribution in [-0.2, 0) is 6.42 Å². The van der Waals surface area contributed by atoms with Crippen molar-refractivity contribution >= 4 is 15.9 Å². The SMILES string of the molecule is C=C(N/C(=C\C)Cc1cccc(Br)c1)C(C)CCCC. The standard InChI is InChI=1S/C18H26BrN/c1-5-7-9-14(3)15(4)20-18(6-2)13-16-10-8-11-17(19)12-16/h6,8,10-12,14,20H,4-5,7,9,13H2,1-3H3/b18-6-. The van der Waals surface area contributed by atoms with Gasteiger partial charge in [0.1, 0.15) is 0 Å². The lowest BCUT2D eigenvalue weighted by atomic mass is 10.0. The van der Waals surface area contributed by atoms with Crippen LogP contribution < -0.4 is 5.32 Å². The number of hydrogen-bond acceptors (Lipinski definition) is 1. The van der Waals surface area contributed by atoms with E-state index in [0.29, 0.717) is 5.92 Å². The number of unbranched alkanes of at least 4 members (excludes halogenated alkanes) is 1. The van der Waals surface area contributed by atoms with Crippen LogP contribution in [0.4, 0.5) is 0 Å². The van der Waals surface area contributed by atoms with Crippen LogP contribution in [0.3, 0.4) is 0 Å². The van der Waals surface area contributed by atoms with Gasteiger partial charge < -0.3 is 5.32 Å². The van der Waals surface area contributed by atoms with Gasteiger partial charge in [0.05, 0.1) is 0 Å². The second-order valence-electron chi connectivity index (χ2n) is 5.31. The zero-order chi connectivity index (χ0) is 15.0. The van der Waals surface area contributed by atoms with Gasteiger partial charge in [-0.05, 0) is 37.0 Å². The smallest absolute Gasteiger partial charge is 0.0178 e. The first kappa shape index (κ1) is 17.0. The molecule has 0 amide bonds. The summed E-state index contributed by atoms with van der Waals surface area (Å²) in [4.78, 5) is 0. The fraction of sp³-hybridized carbons (Fsp3) is 0.444. The monoisotopic (exact) mass is 335 g/mol. The molecule has 1 aromatic carbocycles. The van der Waals surface area contributed by atoms with Crippen molar-refractivity contribution in [2.24, 2.45) is 5.92 Å². The third-order valence-electron chi connectivity index (χ3n) is 3.54. The van der Waals surface area contributed by atoms with Gasteiger partial charge in [-0.2, -0.15) is 0 Å². The van der Waals surface area contributed by atoms with E-state index < -0.39 is 0 Å². The Morgan fingerprint density at radius 2 is 2.20 bits per heavy atom. The van der Waals surface area contributed by atoms with E-state index in [2.05, 4.69) is 78.9 Å². The lowest BCUT2D eigenvalue weighted by Crippen LogP contribution is -2.19. The maximum atomic E-state index is 4.19.